The van der Waals surface area contributed by atoms with E-state index in [-0.39, 0.29) is 10.5 Å². The topological polar surface area (TPSA) is 79.6 Å². The first-order valence-electron chi connectivity index (χ1n) is 6.84. The van der Waals surface area contributed by atoms with E-state index < -0.39 is 10.0 Å². The summed E-state index contributed by atoms with van der Waals surface area (Å²) in [4.78, 5) is 0.116. The normalized spacial score (nSPS) is 16.4. The van der Waals surface area contributed by atoms with Crippen LogP contribution >= 0.6 is 0 Å². The molecule has 0 N–H and O–H groups in total. The Kier molecular flexibility index (Phi) is 5.17. The van der Waals surface area contributed by atoms with Crippen LogP contribution in [0.5, 0.6) is 5.75 Å². The van der Waals surface area contributed by atoms with Gasteiger partial charge in [0.15, 0.2) is 0 Å². The van der Waals surface area contributed by atoms with Crippen LogP contribution in [-0.4, -0.2) is 45.6 Å². The van der Waals surface area contributed by atoms with E-state index in [2.05, 4.69) is 0 Å². The maximum absolute atomic E-state index is 12.5. The molecule has 0 spiro atoms. The number of sulfonamides is 1. The average Bonchev–Trinajstić information content (AvgIpc) is 2.53. The van der Waals surface area contributed by atoms with Gasteiger partial charge in [0, 0.05) is 13.1 Å². The summed E-state index contributed by atoms with van der Waals surface area (Å²) in [5.41, 5.74) is 0.234. The summed E-state index contributed by atoms with van der Waals surface area (Å²) < 4.78 is 37.0. The molecule has 7 heteroatoms. The Hall–Kier alpha value is -1.62. The maximum atomic E-state index is 12.5. The molecule has 1 aromatic rings. The summed E-state index contributed by atoms with van der Waals surface area (Å²) >= 11 is 0. The van der Waals surface area contributed by atoms with Crippen LogP contribution in [0.4, 0.5) is 0 Å². The van der Waals surface area contributed by atoms with Gasteiger partial charge in [0.25, 0.3) is 0 Å². The molecule has 0 saturated carbocycles. The molecule has 0 amide bonds. The predicted octanol–water partition coefficient (Wildman–Crippen LogP) is 1.37. The molecule has 114 valence electrons. The van der Waals surface area contributed by atoms with Crippen molar-refractivity contribution in [3.8, 4) is 11.8 Å². The van der Waals surface area contributed by atoms with Gasteiger partial charge in [0.05, 0.1) is 30.3 Å². The second kappa shape index (κ2) is 6.89. The van der Waals surface area contributed by atoms with E-state index in [0.29, 0.717) is 38.7 Å². The van der Waals surface area contributed by atoms with E-state index in [9.17, 15) is 8.42 Å². The standard InChI is InChI=1S/C14H18N2O4S/c1-2-7-20-14-4-3-13(10-12(14)11-15)21(17,18)16-5-8-19-9-6-16/h3-4,10H,2,5-9H2,1H3. The molecule has 1 fully saturated rings. The summed E-state index contributed by atoms with van der Waals surface area (Å²) in [7, 11) is -3.59. The summed E-state index contributed by atoms with van der Waals surface area (Å²) in [6.45, 7) is 3.90. The zero-order chi connectivity index (χ0) is 15.3. The van der Waals surface area contributed by atoms with Crippen LogP contribution in [-0.2, 0) is 14.8 Å². The van der Waals surface area contributed by atoms with Crippen molar-refractivity contribution in [3.05, 3.63) is 23.8 Å². The predicted molar refractivity (Wildman–Crippen MR) is 76.5 cm³/mol. The molecule has 0 radical (unpaired) electrons. The van der Waals surface area contributed by atoms with Gasteiger partial charge < -0.3 is 9.47 Å². The van der Waals surface area contributed by atoms with Crippen LogP contribution < -0.4 is 4.74 Å². The summed E-state index contributed by atoms with van der Waals surface area (Å²) in [5.74, 6) is 0.417. The third-order valence-electron chi connectivity index (χ3n) is 3.14. The molecule has 0 unspecified atom stereocenters. The first-order chi connectivity index (χ1) is 10.1. The number of nitrogens with zero attached hydrogens (tertiary/aromatic N) is 2. The van der Waals surface area contributed by atoms with Gasteiger partial charge in [0.1, 0.15) is 11.8 Å². The van der Waals surface area contributed by atoms with E-state index in [4.69, 9.17) is 14.7 Å². The largest absolute Gasteiger partial charge is 0.492 e. The lowest BCUT2D eigenvalue weighted by molar-refractivity contribution is 0.0730. The lowest BCUT2D eigenvalue weighted by atomic mass is 10.2. The average molecular weight is 310 g/mol. The minimum absolute atomic E-state index is 0.116. The highest BCUT2D eigenvalue weighted by Gasteiger charge is 2.27. The zero-order valence-electron chi connectivity index (χ0n) is 11.9. The molecule has 1 saturated heterocycles. The molecule has 1 aliphatic rings. The van der Waals surface area contributed by atoms with Crippen molar-refractivity contribution in [3.63, 3.8) is 0 Å². The number of hydrogen-bond acceptors (Lipinski definition) is 5. The van der Waals surface area contributed by atoms with E-state index in [1.54, 1.807) is 6.07 Å². The van der Waals surface area contributed by atoms with Crippen molar-refractivity contribution >= 4 is 10.0 Å². The minimum atomic E-state index is -3.59. The van der Waals surface area contributed by atoms with Crippen LogP contribution in [0.25, 0.3) is 0 Å². The molecule has 1 aromatic carbocycles. The Balaban J connectivity index is 2.29. The molecular formula is C14H18N2O4S. The highest BCUT2D eigenvalue weighted by atomic mass is 32.2. The lowest BCUT2D eigenvalue weighted by Gasteiger charge is -2.26. The van der Waals surface area contributed by atoms with Crippen molar-refractivity contribution in [2.24, 2.45) is 0 Å². The van der Waals surface area contributed by atoms with E-state index in [1.165, 1.54) is 16.4 Å². The van der Waals surface area contributed by atoms with Crippen LogP contribution in [0.2, 0.25) is 0 Å². The smallest absolute Gasteiger partial charge is 0.243 e. The number of rotatable bonds is 5. The Morgan fingerprint density at radius 2 is 2.10 bits per heavy atom. The Labute approximate surface area is 124 Å². The van der Waals surface area contributed by atoms with E-state index >= 15 is 0 Å². The van der Waals surface area contributed by atoms with Gasteiger partial charge in [-0.2, -0.15) is 9.57 Å². The van der Waals surface area contributed by atoms with E-state index in [1.807, 2.05) is 13.0 Å². The highest BCUT2D eigenvalue weighted by molar-refractivity contribution is 7.89. The van der Waals surface area contributed by atoms with Gasteiger partial charge in [0.2, 0.25) is 10.0 Å². The van der Waals surface area contributed by atoms with Gasteiger partial charge in [-0.25, -0.2) is 8.42 Å². The number of benzene rings is 1. The minimum Gasteiger partial charge on any atom is -0.492 e. The zero-order valence-corrected chi connectivity index (χ0v) is 12.7. The maximum Gasteiger partial charge on any atom is 0.243 e. The fourth-order valence-electron chi connectivity index (χ4n) is 2.03. The van der Waals surface area contributed by atoms with Gasteiger partial charge in [-0.05, 0) is 24.6 Å². The summed E-state index contributed by atoms with van der Waals surface area (Å²) in [6.07, 6.45) is 0.818. The molecule has 0 bridgehead atoms. The van der Waals surface area contributed by atoms with Crippen LogP contribution in [0, 0.1) is 11.3 Å². The third kappa shape index (κ3) is 3.53. The number of ether oxygens (including phenoxy) is 2. The van der Waals surface area contributed by atoms with Crippen molar-refractivity contribution < 1.29 is 17.9 Å². The van der Waals surface area contributed by atoms with Gasteiger partial charge in [-0.15, -0.1) is 0 Å². The van der Waals surface area contributed by atoms with Crippen LogP contribution in [0.1, 0.15) is 18.9 Å². The molecule has 0 aromatic heterocycles. The van der Waals surface area contributed by atoms with E-state index in [0.717, 1.165) is 6.42 Å². The summed E-state index contributed by atoms with van der Waals surface area (Å²) in [6, 6.07) is 6.38. The van der Waals surface area contributed by atoms with Gasteiger partial charge in [-0.1, -0.05) is 6.92 Å². The van der Waals surface area contributed by atoms with Crippen molar-refractivity contribution in [2.45, 2.75) is 18.2 Å². The molecule has 2 rings (SSSR count). The van der Waals surface area contributed by atoms with Crippen LogP contribution in [0.3, 0.4) is 0 Å². The van der Waals surface area contributed by atoms with Crippen LogP contribution in [0.15, 0.2) is 23.1 Å². The quantitative estimate of drug-likeness (QED) is 0.820. The summed E-state index contributed by atoms with van der Waals surface area (Å²) in [5, 5.41) is 9.16. The van der Waals surface area contributed by atoms with Crippen molar-refractivity contribution in [1.82, 2.24) is 4.31 Å². The second-order valence-electron chi connectivity index (χ2n) is 4.63. The third-order valence-corrected chi connectivity index (χ3v) is 5.04. The second-order valence-corrected chi connectivity index (χ2v) is 6.57. The monoisotopic (exact) mass is 310 g/mol. The molecule has 21 heavy (non-hydrogen) atoms. The number of morpholine rings is 1. The lowest BCUT2D eigenvalue weighted by Crippen LogP contribution is -2.40. The fraction of sp³-hybridized carbons (Fsp3) is 0.500. The van der Waals surface area contributed by atoms with Crippen molar-refractivity contribution in [2.75, 3.05) is 32.9 Å². The van der Waals surface area contributed by atoms with Crippen molar-refractivity contribution in [1.29, 1.82) is 5.26 Å². The molecular weight excluding hydrogens is 292 g/mol. The van der Waals surface area contributed by atoms with Gasteiger partial charge >= 0.3 is 0 Å². The molecule has 0 atom stereocenters. The Morgan fingerprint density at radius 1 is 1.38 bits per heavy atom. The number of hydrogen-bond donors (Lipinski definition) is 0. The molecule has 1 aliphatic heterocycles. The Morgan fingerprint density at radius 3 is 2.71 bits per heavy atom. The first kappa shape index (κ1) is 15.8. The highest BCUT2D eigenvalue weighted by Crippen LogP contribution is 2.24. The fourth-order valence-corrected chi connectivity index (χ4v) is 3.47. The number of nitriles is 1. The van der Waals surface area contributed by atoms with Gasteiger partial charge in [-0.3, -0.25) is 0 Å². The SMILES string of the molecule is CCCOc1ccc(S(=O)(=O)N2CCOCC2)cc1C#N. The molecule has 6 nitrogen and oxygen atoms in total. The molecule has 1 heterocycles. The molecule has 0 aliphatic carbocycles. The first-order valence-corrected chi connectivity index (χ1v) is 8.28. The Bertz CT molecular complexity index is 631.